The number of likely N-dealkylation sites (tertiary alicyclic amines) is 1. The molecule has 0 bridgehead atoms. The van der Waals surface area contributed by atoms with Crippen LogP contribution in [-0.2, 0) is 11.2 Å². The van der Waals surface area contributed by atoms with E-state index >= 15 is 0 Å². The van der Waals surface area contributed by atoms with E-state index in [2.05, 4.69) is 22.1 Å². The number of benzene rings is 1. The third kappa shape index (κ3) is 5.50. The van der Waals surface area contributed by atoms with Crippen molar-refractivity contribution in [2.24, 2.45) is 5.92 Å². The fourth-order valence-corrected chi connectivity index (χ4v) is 5.53. The number of amides is 3. The monoisotopic (exact) mass is 480 g/mol. The SMILES string of the molecule is CCCC1(C2CCN(C/C(Cl)=C/c3ccccc3)CC2)NC(=O)N(CCc2ccccn2)C1=O. The molecular weight excluding hydrogens is 448 g/mol. The lowest BCUT2D eigenvalue weighted by molar-refractivity contribution is -0.134. The van der Waals surface area contributed by atoms with Crippen molar-refractivity contribution in [2.75, 3.05) is 26.2 Å². The second-order valence-corrected chi connectivity index (χ2v) is 9.72. The normalized spacial score (nSPS) is 22.3. The molecule has 1 aromatic carbocycles. The molecule has 6 nitrogen and oxygen atoms in total. The van der Waals surface area contributed by atoms with Crippen LogP contribution in [0, 0.1) is 5.92 Å². The minimum Gasteiger partial charge on any atom is -0.323 e. The second kappa shape index (κ2) is 11.2. The van der Waals surface area contributed by atoms with Gasteiger partial charge in [0.2, 0.25) is 0 Å². The Morgan fingerprint density at radius 1 is 1.15 bits per heavy atom. The lowest BCUT2D eigenvalue weighted by Gasteiger charge is -2.41. The van der Waals surface area contributed by atoms with E-state index < -0.39 is 5.54 Å². The van der Waals surface area contributed by atoms with Gasteiger partial charge in [0.1, 0.15) is 5.54 Å². The van der Waals surface area contributed by atoms with Crippen LogP contribution in [-0.4, -0.2) is 58.4 Å². The third-order valence-electron chi connectivity index (χ3n) is 6.95. The molecule has 0 saturated carbocycles. The Bertz CT molecular complexity index is 1010. The molecule has 0 aliphatic carbocycles. The van der Waals surface area contributed by atoms with Gasteiger partial charge in [-0.15, -0.1) is 0 Å². The minimum atomic E-state index is -0.800. The molecular formula is C27H33ClN4O2. The largest absolute Gasteiger partial charge is 0.325 e. The fraction of sp³-hybridized carbons (Fsp3) is 0.444. The lowest BCUT2D eigenvalue weighted by Crippen LogP contribution is -2.56. The Morgan fingerprint density at radius 2 is 1.88 bits per heavy atom. The Balaban J connectivity index is 1.38. The van der Waals surface area contributed by atoms with Crippen LogP contribution in [0.2, 0.25) is 0 Å². The highest BCUT2D eigenvalue weighted by Gasteiger charge is 2.55. The first kappa shape index (κ1) is 24.4. The van der Waals surface area contributed by atoms with Gasteiger partial charge in [-0.3, -0.25) is 19.6 Å². The summed E-state index contributed by atoms with van der Waals surface area (Å²) >= 11 is 6.53. The summed E-state index contributed by atoms with van der Waals surface area (Å²) in [5.74, 6) is 0.0487. The van der Waals surface area contributed by atoms with Gasteiger partial charge in [0.15, 0.2) is 0 Å². The van der Waals surface area contributed by atoms with Crippen LogP contribution in [0.25, 0.3) is 6.08 Å². The van der Waals surface area contributed by atoms with E-state index in [4.69, 9.17) is 11.6 Å². The zero-order valence-electron chi connectivity index (χ0n) is 19.8. The van der Waals surface area contributed by atoms with Crippen LogP contribution in [0.4, 0.5) is 4.79 Å². The van der Waals surface area contributed by atoms with Gasteiger partial charge in [0.25, 0.3) is 5.91 Å². The standard InChI is InChI=1S/C27H33ClN4O2/c1-2-14-27(25(33)32(26(34)30-27)18-13-24-10-6-7-15-29-24)22-11-16-31(17-12-22)20-23(28)19-21-8-4-3-5-9-21/h3-10,15,19,22H,2,11-14,16-18,20H2,1H3,(H,30,34)/b23-19-. The first-order chi connectivity index (χ1) is 16.5. The number of urea groups is 1. The molecule has 1 N–H and O–H groups in total. The lowest BCUT2D eigenvalue weighted by atomic mass is 9.75. The number of halogens is 1. The van der Waals surface area contributed by atoms with Gasteiger partial charge < -0.3 is 5.32 Å². The first-order valence-electron chi connectivity index (χ1n) is 12.2. The summed E-state index contributed by atoms with van der Waals surface area (Å²) in [6.45, 7) is 4.82. The van der Waals surface area contributed by atoms with E-state index in [0.717, 1.165) is 48.6 Å². The van der Waals surface area contributed by atoms with E-state index in [9.17, 15) is 9.59 Å². The number of imide groups is 1. The van der Waals surface area contributed by atoms with Crippen LogP contribution in [0.1, 0.15) is 43.9 Å². The van der Waals surface area contributed by atoms with Crippen molar-refractivity contribution in [3.63, 3.8) is 0 Å². The van der Waals surface area contributed by atoms with Gasteiger partial charge in [-0.1, -0.05) is 61.3 Å². The number of carbonyl (C=O) groups excluding carboxylic acids is 2. The molecule has 2 fully saturated rings. The quantitative estimate of drug-likeness (QED) is 0.528. The average molecular weight is 481 g/mol. The molecule has 34 heavy (non-hydrogen) atoms. The van der Waals surface area contributed by atoms with Crippen molar-refractivity contribution in [3.8, 4) is 0 Å². The Labute approximate surface area is 207 Å². The van der Waals surface area contributed by atoms with Gasteiger partial charge in [-0.05, 0) is 62.0 Å². The molecule has 2 aromatic rings. The van der Waals surface area contributed by atoms with Gasteiger partial charge in [-0.25, -0.2) is 4.79 Å². The number of aromatic nitrogens is 1. The molecule has 3 heterocycles. The third-order valence-corrected chi connectivity index (χ3v) is 7.17. The number of carbonyl (C=O) groups is 2. The molecule has 2 saturated heterocycles. The molecule has 7 heteroatoms. The zero-order valence-corrected chi connectivity index (χ0v) is 20.5. The number of piperidine rings is 1. The maximum Gasteiger partial charge on any atom is 0.325 e. The molecule has 1 unspecified atom stereocenters. The molecule has 0 radical (unpaired) electrons. The Hall–Kier alpha value is -2.70. The number of pyridine rings is 1. The Kier molecular flexibility index (Phi) is 8.01. The smallest absolute Gasteiger partial charge is 0.323 e. The van der Waals surface area contributed by atoms with E-state index in [-0.39, 0.29) is 17.9 Å². The summed E-state index contributed by atoms with van der Waals surface area (Å²) in [6.07, 6.45) is 7.52. The van der Waals surface area contributed by atoms with Crippen molar-refractivity contribution in [2.45, 2.75) is 44.6 Å². The zero-order chi connectivity index (χ0) is 24.0. The number of nitrogens with zero attached hydrogens (tertiary/aromatic N) is 3. The van der Waals surface area contributed by atoms with Crippen LogP contribution in [0.3, 0.4) is 0 Å². The van der Waals surface area contributed by atoms with Crippen LogP contribution in [0.5, 0.6) is 0 Å². The summed E-state index contributed by atoms with van der Waals surface area (Å²) in [7, 11) is 0. The topological polar surface area (TPSA) is 65.5 Å². The molecule has 1 atom stereocenters. The fourth-order valence-electron chi connectivity index (χ4n) is 5.24. The predicted octanol–water partition coefficient (Wildman–Crippen LogP) is 4.71. The maximum absolute atomic E-state index is 13.6. The average Bonchev–Trinajstić information content (AvgIpc) is 3.09. The molecule has 0 spiro atoms. The second-order valence-electron chi connectivity index (χ2n) is 9.23. The van der Waals surface area contributed by atoms with Crippen molar-refractivity contribution in [1.82, 2.24) is 20.1 Å². The predicted molar refractivity (Wildman–Crippen MR) is 135 cm³/mol. The summed E-state index contributed by atoms with van der Waals surface area (Å²) < 4.78 is 0. The maximum atomic E-state index is 13.6. The summed E-state index contributed by atoms with van der Waals surface area (Å²) in [6, 6.07) is 15.5. The van der Waals surface area contributed by atoms with E-state index in [1.165, 1.54) is 4.90 Å². The molecule has 2 aliphatic rings. The van der Waals surface area contributed by atoms with Gasteiger partial charge in [0.05, 0.1) is 0 Å². The molecule has 4 rings (SSSR count). The van der Waals surface area contributed by atoms with E-state index in [0.29, 0.717) is 25.9 Å². The number of nitrogens with one attached hydrogen (secondary N) is 1. The molecule has 1 aromatic heterocycles. The van der Waals surface area contributed by atoms with Gasteiger partial charge in [0, 0.05) is 36.4 Å². The highest BCUT2D eigenvalue weighted by molar-refractivity contribution is 6.31. The summed E-state index contributed by atoms with van der Waals surface area (Å²) in [5, 5.41) is 3.93. The van der Waals surface area contributed by atoms with Crippen LogP contribution < -0.4 is 5.32 Å². The first-order valence-corrected chi connectivity index (χ1v) is 12.6. The summed E-state index contributed by atoms with van der Waals surface area (Å²) in [5.41, 5.74) is 1.17. The highest BCUT2D eigenvalue weighted by atomic mass is 35.5. The van der Waals surface area contributed by atoms with Gasteiger partial charge in [-0.2, -0.15) is 0 Å². The molecule has 3 amide bonds. The highest BCUT2D eigenvalue weighted by Crippen LogP contribution is 2.37. The number of hydrogen-bond donors (Lipinski definition) is 1. The molecule has 2 aliphatic heterocycles. The van der Waals surface area contributed by atoms with E-state index in [1.807, 2.05) is 54.6 Å². The van der Waals surface area contributed by atoms with Crippen LogP contribution >= 0.6 is 11.6 Å². The van der Waals surface area contributed by atoms with Crippen LogP contribution in [0.15, 0.2) is 59.8 Å². The number of hydrogen-bond acceptors (Lipinski definition) is 4. The van der Waals surface area contributed by atoms with Crippen molar-refractivity contribution < 1.29 is 9.59 Å². The number of rotatable bonds is 9. The molecule has 180 valence electrons. The van der Waals surface area contributed by atoms with Gasteiger partial charge >= 0.3 is 6.03 Å². The summed E-state index contributed by atoms with van der Waals surface area (Å²) in [4.78, 5) is 34.5. The minimum absolute atomic E-state index is 0.0734. The van der Waals surface area contributed by atoms with Crippen molar-refractivity contribution >= 4 is 29.6 Å². The Morgan fingerprint density at radius 3 is 2.56 bits per heavy atom. The van der Waals surface area contributed by atoms with E-state index in [1.54, 1.807) is 6.20 Å². The van der Waals surface area contributed by atoms with Crippen molar-refractivity contribution in [1.29, 1.82) is 0 Å². The van der Waals surface area contributed by atoms with Crippen molar-refractivity contribution in [3.05, 3.63) is 71.0 Å².